The highest BCUT2D eigenvalue weighted by molar-refractivity contribution is 7.90. The largest absolute Gasteiger partial charge is 0.497 e. The number of carbonyl (C=O) groups excluding carboxylic acids is 1. The number of carbonyl (C=O) groups is 1. The summed E-state index contributed by atoms with van der Waals surface area (Å²) < 4.78 is 33.8. The zero-order chi connectivity index (χ0) is 17.2. The lowest BCUT2D eigenvalue weighted by atomic mass is 9.90. The van der Waals surface area contributed by atoms with Gasteiger partial charge in [0.15, 0.2) is 5.78 Å². The van der Waals surface area contributed by atoms with Crippen molar-refractivity contribution in [3.63, 3.8) is 0 Å². The second-order valence-electron chi connectivity index (χ2n) is 5.57. The average molecular weight is 333 g/mol. The molecular formula is C17H19NO4S. The first-order chi connectivity index (χ1) is 10.7. The zero-order valence-electron chi connectivity index (χ0n) is 13.5. The Hall–Kier alpha value is -2.21. The summed E-state index contributed by atoms with van der Waals surface area (Å²) in [6, 6.07) is 6.02. The van der Waals surface area contributed by atoms with E-state index < -0.39 is 10.0 Å². The van der Waals surface area contributed by atoms with Crippen LogP contribution in [0.3, 0.4) is 0 Å². The lowest BCUT2D eigenvalue weighted by molar-refractivity contribution is -0.111. The summed E-state index contributed by atoms with van der Waals surface area (Å²) in [6.07, 6.45) is 2.99. The molecule has 0 amide bonds. The van der Waals surface area contributed by atoms with Crippen LogP contribution in [0.4, 0.5) is 0 Å². The molecule has 0 saturated carbocycles. The van der Waals surface area contributed by atoms with E-state index in [0.29, 0.717) is 22.6 Å². The summed E-state index contributed by atoms with van der Waals surface area (Å²) >= 11 is 0. The van der Waals surface area contributed by atoms with Gasteiger partial charge in [0.1, 0.15) is 5.75 Å². The Morgan fingerprint density at radius 1 is 1.09 bits per heavy atom. The minimum atomic E-state index is -3.85. The van der Waals surface area contributed by atoms with Crippen molar-refractivity contribution in [1.82, 2.24) is 0 Å². The Bertz CT molecular complexity index is 813. The molecule has 0 heterocycles. The molecule has 0 bridgehead atoms. The van der Waals surface area contributed by atoms with Crippen LogP contribution in [0.5, 0.6) is 5.75 Å². The monoisotopic (exact) mass is 333 g/mol. The van der Waals surface area contributed by atoms with Crippen LogP contribution in [0.25, 0.3) is 0 Å². The quantitative estimate of drug-likeness (QED) is 0.794. The fourth-order valence-corrected chi connectivity index (χ4v) is 3.21. The Morgan fingerprint density at radius 2 is 1.70 bits per heavy atom. The number of ketones is 1. The first-order valence-corrected chi connectivity index (χ1v) is 8.62. The summed E-state index contributed by atoms with van der Waals surface area (Å²) in [6.45, 7) is 5.44. The van der Waals surface area contributed by atoms with Crippen molar-refractivity contribution in [3.05, 3.63) is 47.6 Å². The third-order valence-electron chi connectivity index (χ3n) is 3.53. The number of methoxy groups -OCH3 is 1. The predicted molar refractivity (Wildman–Crippen MR) is 89.3 cm³/mol. The number of allylic oxidation sites excluding steroid dienone is 4. The number of benzene rings is 1. The van der Waals surface area contributed by atoms with Crippen LogP contribution in [0.1, 0.15) is 20.8 Å². The summed E-state index contributed by atoms with van der Waals surface area (Å²) in [5.74, 6) is 0.469. The molecule has 5 nitrogen and oxygen atoms in total. The average Bonchev–Trinajstić information content (AvgIpc) is 2.49. The van der Waals surface area contributed by atoms with Gasteiger partial charge in [-0.1, -0.05) is 13.8 Å². The van der Waals surface area contributed by atoms with Crippen LogP contribution < -0.4 is 4.74 Å². The van der Waals surface area contributed by atoms with E-state index in [2.05, 4.69) is 4.40 Å². The molecule has 0 unspecified atom stereocenters. The van der Waals surface area contributed by atoms with Gasteiger partial charge in [-0.15, -0.1) is 0 Å². The summed E-state index contributed by atoms with van der Waals surface area (Å²) in [7, 11) is -2.34. The maximum atomic E-state index is 12.4. The van der Waals surface area contributed by atoms with Crippen LogP contribution in [-0.4, -0.2) is 27.0 Å². The highest BCUT2D eigenvalue weighted by Crippen LogP contribution is 2.22. The number of ether oxygens (including phenoxy) is 1. The van der Waals surface area contributed by atoms with Crippen LogP contribution >= 0.6 is 0 Å². The smallest absolute Gasteiger partial charge is 0.282 e. The van der Waals surface area contributed by atoms with Crippen molar-refractivity contribution < 1.29 is 17.9 Å². The minimum Gasteiger partial charge on any atom is -0.497 e. The molecule has 1 aromatic carbocycles. The molecule has 0 aliphatic heterocycles. The first kappa shape index (κ1) is 17.1. The van der Waals surface area contributed by atoms with Crippen LogP contribution in [0.15, 0.2) is 56.9 Å². The van der Waals surface area contributed by atoms with E-state index in [-0.39, 0.29) is 16.6 Å². The fraction of sp³-hybridized carbons (Fsp3) is 0.294. The van der Waals surface area contributed by atoms with Gasteiger partial charge in [-0.3, -0.25) is 4.79 Å². The van der Waals surface area contributed by atoms with E-state index in [1.54, 1.807) is 25.1 Å². The maximum absolute atomic E-state index is 12.4. The lowest BCUT2D eigenvalue weighted by Crippen LogP contribution is -2.16. The molecule has 0 spiro atoms. The van der Waals surface area contributed by atoms with E-state index in [0.717, 1.165) is 0 Å². The molecule has 1 aliphatic rings. The Morgan fingerprint density at radius 3 is 2.22 bits per heavy atom. The van der Waals surface area contributed by atoms with E-state index in [9.17, 15) is 13.2 Å². The highest BCUT2D eigenvalue weighted by atomic mass is 32.2. The molecule has 122 valence electrons. The van der Waals surface area contributed by atoms with Gasteiger partial charge >= 0.3 is 0 Å². The summed E-state index contributed by atoms with van der Waals surface area (Å²) in [4.78, 5) is 12.0. The van der Waals surface area contributed by atoms with E-state index in [4.69, 9.17) is 4.74 Å². The maximum Gasteiger partial charge on any atom is 0.282 e. The normalized spacial score (nSPS) is 17.3. The number of nitrogens with zero attached hydrogens (tertiary/aromatic N) is 1. The molecule has 0 saturated heterocycles. The van der Waals surface area contributed by atoms with Crippen molar-refractivity contribution >= 4 is 21.5 Å². The van der Waals surface area contributed by atoms with Crippen LogP contribution in [0.2, 0.25) is 0 Å². The molecule has 0 atom stereocenters. The molecule has 1 aromatic rings. The second-order valence-corrected chi connectivity index (χ2v) is 7.18. The molecule has 1 aliphatic carbocycles. The van der Waals surface area contributed by atoms with E-state index in [1.165, 1.54) is 25.3 Å². The van der Waals surface area contributed by atoms with Crippen molar-refractivity contribution in [3.8, 4) is 5.75 Å². The third kappa shape index (κ3) is 3.76. The topological polar surface area (TPSA) is 72.8 Å². The van der Waals surface area contributed by atoms with Gasteiger partial charge in [0.25, 0.3) is 10.0 Å². The van der Waals surface area contributed by atoms with Gasteiger partial charge in [-0.05, 0) is 54.8 Å². The number of hydrogen-bond donors (Lipinski definition) is 0. The highest BCUT2D eigenvalue weighted by Gasteiger charge is 2.21. The number of sulfonamides is 1. The van der Waals surface area contributed by atoms with Gasteiger partial charge in [0.05, 0.1) is 17.7 Å². The van der Waals surface area contributed by atoms with E-state index >= 15 is 0 Å². The molecule has 0 radical (unpaired) electrons. The van der Waals surface area contributed by atoms with Crippen molar-refractivity contribution in [2.45, 2.75) is 25.7 Å². The molecule has 6 heteroatoms. The van der Waals surface area contributed by atoms with Gasteiger partial charge < -0.3 is 4.74 Å². The van der Waals surface area contributed by atoms with Gasteiger partial charge in [-0.2, -0.15) is 12.8 Å². The fourth-order valence-electron chi connectivity index (χ4n) is 2.17. The molecule has 0 fully saturated rings. The Balaban J connectivity index is 2.45. The van der Waals surface area contributed by atoms with Crippen LogP contribution in [0, 0.1) is 5.92 Å². The van der Waals surface area contributed by atoms with Crippen molar-refractivity contribution in [2.75, 3.05) is 7.11 Å². The first-order valence-electron chi connectivity index (χ1n) is 7.18. The van der Waals surface area contributed by atoms with Crippen molar-refractivity contribution in [2.24, 2.45) is 10.3 Å². The van der Waals surface area contributed by atoms with Crippen LogP contribution in [-0.2, 0) is 14.8 Å². The standard InChI is InChI=1S/C17H19NO4S/c1-11(2)15-10-16(12(3)9-17(15)19)18-23(20,21)14-7-5-13(22-4)6-8-14/h5-11H,1-4H3. The molecule has 0 aromatic heterocycles. The van der Waals surface area contributed by atoms with Gasteiger partial charge in [0, 0.05) is 5.57 Å². The van der Waals surface area contributed by atoms with E-state index in [1.807, 2.05) is 13.8 Å². The zero-order valence-corrected chi connectivity index (χ0v) is 14.3. The SMILES string of the molecule is COc1ccc(S(=O)(=O)N=C2C=C(C(C)C)C(=O)C=C2C)cc1. The molecular weight excluding hydrogens is 314 g/mol. The minimum absolute atomic E-state index is 0.000686. The Kier molecular flexibility index (Phi) is 4.85. The second kappa shape index (κ2) is 6.50. The van der Waals surface area contributed by atoms with Gasteiger partial charge in [-0.25, -0.2) is 0 Å². The number of rotatable bonds is 4. The Labute approximate surface area is 136 Å². The predicted octanol–water partition coefficient (Wildman–Crippen LogP) is 2.94. The molecule has 0 N–H and O–H groups in total. The molecule has 2 rings (SSSR count). The lowest BCUT2D eigenvalue weighted by Gasteiger charge is -2.15. The third-order valence-corrected chi connectivity index (χ3v) is 4.83. The van der Waals surface area contributed by atoms with Crippen molar-refractivity contribution in [1.29, 1.82) is 0 Å². The summed E-state index contributed by atoms with van der Waals surface area (Å²) in [5, 5.41) is 0. The summed E-state index contributed by atoms with van der Waals surface area (Å²) in [5.41, 5.74) is 1.39. The van der Waals surface area contributed by atoms with Gasteiger partial charge in [0.2, 0.25) is 0 Å². The molecule has 23 heavy (non-hydrogen) atoms. The number of hydrogen-bond acceptors (Lipinski definition) is 4.